The molecule has 0 spiro atoms. The molecular weight excluding hydrogens is 364 g/mol. The second-order valence-corrected chi connectivity index (χ2v) is 6.70. The largest absolute Gasteiger partial charge is 0.494 e. The number of nitrogens with zero attached hydrogens (tertiary/aromatic N) is 2. The number of halogens is 1. The van der Waals surface area contributed by atoms with Gasteiger partial charge in [0.05, 0.1) is 17.6 Å². The first-order valence-corrected chi connectivity index (χ1v) is 8.83. The molecule has 25 heavy (non-hydrogen) atoms. The summed E-state index contributed by atoms with van der Waals surface area (Å²) < 4.78 is 7.10. The van der Waals surface area contributed by atoms with Gasteiger partial charge in [0.15, 0.2) is 0 Å². The Balaban J connectivity index is 1.74. The van der Waals surface area contributed by atoms with Crippen molar-refractivity contribution in [2.24, 2.45) is 0 Å². The van der Waals surface area contributed by atoms with E-state index in [-0.39, 0.29) is 16.5 Å². The van der Waals surface area contributed by atoms with Crippen LogP contribution in [-0.4, -0.2) is 27.2 Å². The number of carbonyl (C=O) groups is 1. The first kappa shape index (κ1) is 17.4. The Morgan fingerprint density at radius 1 is 1.36 bits per heavy atom. The molecule has 0 atom stereocenters. The zero-order valence-corrected chi connectivity index (χ0v) is 14.9. The number of aromatic carboxylic acids is 1. The molecule has 0 bridgehead atoms. The van der Waals surface area contributed by atoms with E-state index in [1.54, 1.807) is 31.2 Å². The Hall–Kier alpha value is -2.38. The highest BCUT2D eigenvalue weighted by atomic mass is 35.5. The number of thiophene rings is 1. The van der Waals surface area contributed by atoms with Gasteiger partial charge in [0.2, 0.25) is 0 Å². The first-order chi connectivity index (χ1) is 12.0. The molecule has 3 aromatic rings. The number of hydrogen-bond acceptors (Lipinski definition) is 5. The fourth-order valence-electron chi connectivity index (χ4n) is 2.49. The Morgan fingerprint density at radius 2 is 2.08 bits per heavy atom. The highest BCUT2D eigenvalue weighted by Crippen LogP contribution is 2.21. The molecule has 0 aliphatic carbocycles. The van der Waals surface area contributed by atoms with E-state index in [1.807, 2.05) is 0 Å². The Bertz CT molecular complexity index is 979. The van der Waals surface area contributed by atoms with Gasteiger partial charge in [-0.15, -0.1) is 11.3 Å². The van der Waals surface area contributed by atoms with Crippen molar-refractivity contribution in [3.05, 3.63) is 56.4 Å². The van der Waals surface area contributed by atoms with Crippen molar-refractivity contribution in [1.29, 1.82) is 0 Å². The maximum atomic E-state index is 12.6. The van der Waals surface area contributed by atoms with Gasteiger partial charge < -0.3 is 9.84 Å². The molecule has 0 radical (unpaired) electrons. The minimum atomic E-state index is -1.12. The molecule has 0 aliphatic heterocycles. The molecule has 1 aromatic carbocycles. The number of ether oxygens (including phenoxy) is 1. The summed E-state index contributed by atoms with van der Waals surface area (Å²) in [5, 5.41) is 11.5. The maximum absolute atomic E-state index is 12.6. The molecule has 2 heterocycles. The average Bonchev–Trinajstić information content (AvgIpc) is 2.99. The molecule has 0 fully saturated rings. The fraction of sp³-hybridized carbons (Fsp3) is 0.235. The summed E-state index contributed by atoms with van der Waals surface area (Å²) in [4.78, 5) is 28.7. The van der Waals surface area contributed by atoms with E-state index in [2.05, 4.69) is 4.98 Å². The number of hydrogen-bond donors (Lipinski definition) is 1. The fourth-order valence-corrected chi connectivity index (χ4v) is 3.56. The summed E-state index contributed by atoms with van der Waals surface area (Å²) in [6.45, 7) is 2.55. The number of aryl methyl sites for hydroxylation is 1. The lowest BCUT2D eigenvalue weighted by Gasteiger charge is -2.10. The lowest BCUT2D eigenvalue weighted by atomic mass is 10.2. The van der Waals surface area contributed by atoms with E-state index < -0.39 is 5.97 Å². The van der Waals surface area contributed by atoms with Gasteiger partial charge in [-0.2, -0.15) is 0 Å². The standard InChI is InChI=1S/C17H15ClN2O4S/c1-10-19-15-14(13(9-25-15)17(22)23)16(21)20(10)7-2-8-24-12-5-3-11(18)4-6-12/h3-6,9H,2,7-8H2,1H3,(H,22,23). The van der Waals surface area contributed by atoms with E-state index in [1.165, 1.54) is 21.3 Å². The zero-order chi connectivity index (χ0) is 18.0. The summed E-state index contributed by atoms with van der Waals surface area (Å²) in [6.07, 6.45) is 0.586. The van der Waals surface area contributed by atoms with Crippen molar-refractivity contribution in [2.45, 2.75) is 19.9 Å². The lowest BCUT2D eigenvalue weighted by Crippen LogP contribution is -2.25. The van der Waals surface area contributed by atoms with Gasteiger partial charge in [0.1, 0.15) is 16.4 Å². The number of fused-ring (bicyclic) bond motifs is 1. The summed E-state index contributed by atoms with van der Waals surface area (Å²) >= 11 is 6.98. The molecule has 8 heteroatoms. The minimum absolute atomic E-state index is 0.00339. The normalized spacial score (nSPS) is 11.0. The Labute approximate surface area is 152 Å². The van der Waals surface area contributed by atoms with Crippen LogP contribution in [0.4, 0.5) is 0 Å². The molecule has 0 aliphatic rings. The third kappa shape index (κ3) is 3.67. The second kappa shape index (κ2) is 7.25. The van der Waals surface area contributed by atoms with Crippen LogP contribution in [0.2, 0.25) is 5.02 Å². The van der Waals surface area contributed by atoms with Crippen molar-refractivity contribution in [1.82, 2.24) is 9.55 Å². The zero-order valence-electron chi connectivity index (χ0n) is 13.4. The average molecular weight is 379 g/mol. The van der Waals surface area contributed by atoms with Crippen LogP contribution in [0, 0.1) is 6.92 Å². The Kier molecular flexibility index (Phi) is 5.06. The van der Waals surface area contributed by atoms with Gasteiger partial charge in [-0.3, -0.25) is 9.36 Å². The smallest absolute Gasteiger partial charge is 0.337 e. The van der Waals surface area contributed by atoms with Gasteiger partial charge in [0, 0.05) is 16.9 Å². The van der Waals surface area contributed by atoms with Crippen LogP contribution in [0.25, 0.3) is 10.2 Å². The minimum Gasteiger partial charge on any atom is -0.494 e. The molecule has 2 aromatic heterocycles. The van der Waals surface area contributed by atoms with Gasteiger partial charge in [-0.25, -0.2) is 9.78 Å². The number of aromatic nitrogens is 2. The third-order valence-corrected chi connectivity index (χ3v) is 4.85. The molecule has 0 amide bonds. The van der Waals surface area contributed by atoms with Crippen molar-refractivity contribution < 1.29 is 14.6 Å². The van der Waals surface area contributed by atoms with Crippen LogP contribution in [0.15, 0.2) is 34.4 Å². The lowest BCUT2D eigenvalue weighted by molar-refractivity contribution is 0.0699. The number of benzene rings is 1. The first-order valence-electron chi connectivity index (χ1n) is 7.57. The second-order valence-electron chi connectivity index (χ2n) is 5.41. The van der Waals surface area contributed by atoms with Gasteiger partial charge in [-0.05, 0) is 37.6 Å². The molecule has 1 N–H and O–H groups in total. The molecule has 3 rings (SSSR count). The SMILES string of the molecule is Cc1nc2scc(C(=O)O)c2c(=O)n1CCCOc1ccc(Cl)cc1. The summed E-state index contributed by atoms with van der Waals surface area (Å²) in [5.74, 6) is 0.141. The van der Waals surface area contributed by atoms with Crippen LogP contribution in [0.1, 0.15) is 22.6 Å². The summed E-state index contributed by atoms with van der Waals surface area (Å²) in [5.41, 5.74) is -0.323. The van der Waals surface area contributed by atoms with Gasteiger partial charge in [0.25, 0.3) is 5.56 Å². The van der Waals surface area contributed by atoms with Gasteiger partial charge >= 0.3 is 5.97 Å². The monoisotopic (exact) mass is 378 g/mol. The van der Waals surface area contributed by atoms with Crippen molar-refractivity contribution in [2.75, 3.05) is 6.61 Å². The van der Waals surface area contributed by atoms with Crippen LogP contribution >= 0.6 is 22.9 Å². The molecule has 0 saturated heterocycles. The summed E-state index contributed by atoms with van der Waals surface area (Å²) in [6, 6.07) is 7.04. The third-order valence-electron chi connectivity index (χ3n) is 3.72. The number of carboxylic acid groups (broad SMARTS) is 1. The maximum Gasteiger partial charge on any atom is 0.337 e. The van der Waals surface area contributed by atoms with Crippen molar-refractivity contribution in [3.63, 3.8) is 0 Å². The predicted octanol–water partition coefficient (Wildman–Crippen LogP) is 3.59. The molecule has 0 saturated carbocycles. The highest BCUT2D eigenvalue weighted by molar-refractivity contribution is 7.17. The molecular formula is C17H15ClN2O4S. The topological polar surface area (TPSA) is 81.4 Å². The van der Waals surface area contributed by atoms with Crippen LogP contribution in [0.3, 0.4) is 0 Å². The van der Waals surface area contributed by atoms with Crippen LogP contribution < -0.4 is 10.3 Å². The number of carboxylic acids is 1. The Morgan fingerprint density at radius 3 is 2.76 bits per heavy atom. The highest BCUT2D eigenvalue weighted by Gasteiger charge is 2.18. The van der Waals surface area contributed by atoms with E-state index in [9.17, 15) is 14.7 Å². The molecule has 0 unspecified atom stereocenters. The van der Waals surface area contributed by atoms with Crippen LogP contribution in [-0.2, 0) is 6.54 Å². The van der Waals surface area contributed by atoms with E-state index in [4.69, 9.17) is 16.3 Å². The molecule has 6 nitrogen and oxygen atoms in total. The van der Waals surface area contributed by atoms with E-state index in [0.29, 0.717) is 41.0 Å². The number of rotatable bonds is 6. The van der Waals surface area contributed by atoms with Crippen molar-refractivity contribution >= 4 is 39.1 Å². The van der Waals surface area contributed by atoms with Crippen molar-refractivity contribution in [3.8, 4) is 5.75 Å². The summed E-state index contributed by atoms with van der Waals surface area (Å²) in [7, 11) is 0. The van der Waals surface area contributed by atoms with E-state index in [0.717, 1.165) is 0 Å². The predicted molar refractivity (Wildman–Crippen MR) is 97.1 cm³/mol. The van der Waals surface area contributed by atoms with E-state index >= 15 is 0 Å². The van der Waals surface area contributed by atoms with Crippen LogP contribution in [0.5, 0.6) is 5.75 Å². The van der Waals surface area contributed by atoms with Gasteiger partial charge in [-0.1, -0.05) is 11.6 Å². The quantitative estimate of drug-likeness (QED) is 0.663. The molecule has 130 valence electrons.